The van der Waals surface area contributed by atoms with Gasteiger partial charge in [-0.2, -0.15) is 4.98 Å². The monoisotopic (exact) mass is 251 g/mol. The molecule has 1 aliphatic rings. The lowest BCUT2D eigenvalue weighted by molar-refractivity contribution is 0.218. The Balaban J connectivity index is 1.98. The second-order valence-corrected chi connectivity index (χ2v) is 6.32. The Bertz CT molecular complexity index is 376. The van der Waals surface area contributed by atoms with Crippen LogP contribution in [0.5, 0.6) is 0 Å². The SMILES string of the molecule is CCC[C@H](N)c1nc(C2CCC(C)(C)CC2)no1. The van der Waals surface area contributed by atoms with E-state index >= 15 is 0 Å². The Morgan fingerprint density at radius 3 is 2.67 bits per heavy atom. The molecule has 1 atom stereocenters. The third-order valence-corrected chi connectivity index (χ3v) is 4.08. The molecular weight excluding hydrogens is 226 g/mol. The molecular formula is C14H25N3O. The van der Waals surface area contributed by atoms with Crippen molar-refractivity contribution in [3.8, 4) is 0 Å². The molecule has 0 amide bonds. The van der Waals surface area contributed by atoms with Gasteiger partial charge in [-0.25, -0.2) is 0 Å². The Hall–Kier alpha value is -0.900. The van der Waals surface area contributed by atoms with Crippen molar-refractivity contribution in [3.05, 3.63) is 11.7 Å². The molecule has 1 aliphatic carbocycles. The van der Waals surface area contributed by atoms with E-state index in [4.69, 9.17) is 10.3 Å². The number of hydrogen-bond donors (Lipinski definition) is 1. The van der Waals surface area contributed by atoms with Crippen LogP contribution in [0.4, 0.5) is 0 Å². The molecule has 0 saturated heterocycles. The molecule has 18 heavy (non-hydrogen) atoms. The van der Waals surface area contributed by atoms with E-state index in [-0.39, 0.29) is 6.04 Å². The van der Waals surface area contributed by atoms with Gasteiger partial charge in [0.15, 0.2) is 5.82 Å². The molecule has 1 heterocycles. The van der Waals surface area contributed by atoms with Crippen LogP contribution in [0.1, 0.15) is 83.0 Å². The van der Waals surface area contributed by atoms with Crippen molar-refractivity contribution in [3.63, 3.8) is 0 Å². The summed E-state index contributed by atoms with van der Waals surface area (Å²) in [5.74, 6) is 1.94. The van der Waals surface area contributed by atoms with Gasteiger partial charge in [0.25, 0.3) is 0 Å². The van der Waals surface area contributed by atoms with E-state index in [0.717, 1.165) is 31.5 Å². The van der Waals surface area contributed by atoms with Crippen LogP contribution in [0.15, 0.2) is 4.52 Å². The van der Waals surface area contributed by atoms with Gasteiger partial charge in [-0.05, 0) is 37.5 Å². The molecule has 4 nitrogen and oxygen atoms in total. The minimum absolute atomic E-state index is 0.101. The molecule has 1 aromatic rings. The minimum Gasteiger partial charge on any atom is -0.338 e. The summed E-state index contributed by atoms with van der Waals surface area (Å²) < 4.78 is 5.30. The molecule has 4 heteroatoms. The van der Waals surface area contributed by atoms with Gasteiger partial charge in [-0.15, -0.1) is 0 Å². The summed E-state index contributed by atoms with van der Waals surface area (Å²) in [5, 5.41) is 4.12. The quantitative estimate of drug-likeness (QED) is 0.888. The molecule has 2 N–H and O–H groups in total. The van der Waals surface area contributed by atoms with Crippen LogP contribution in [0.3, 0.4) is 0 Å². The van der Waals surface area contributed by atoms with E-state index in [2.05, 4.69) is 30.9 Å². The zero-order valence-corrected chi connectivity index (χ0v) is 11.8. The lowest BCUT2D eigenvalue weighted by Gasteiger charge is -2.32. The van der Waals surface area contributed by atoms with Crippen molar-refractivity contribution in [1.29, 1.82) is 0 Å². The molecule has 102 valence electrons. The lowest BCUT2D eigenvalue weighted by Crippen LogP contribution is -2.20. The Morgan fingerprint density at radius 2 is 2.06 bits per heavy atom. The summed E-state index contributed by atoms with van der Waals surface area (Å²) >= 11 is 0. The molecule has 0 spiro atoms. The van der Waals surface area contributed by atoms with Crippen LogP contribution >= 0.6 is 0 Å². The summed E-state index contributed by atoms with van der Waals surface area (Å²) in [5.41, 5.74) is 6.47. The number of hydrogen-bond acceptors (Lipinski definition) is 4. The van der Waals surface area contributed by atoms with Crippen LogP contribution in [0.25, 0.3) is 0 Å². The van der Waals surface area contributed by atoms with Gasteiger partial charge in [-0.3, -0.25) is 0 Å². The van der Waals surface area contributed by atoms with Crippen molar-refractivity contribution in [2.24, 2.45) is 11.1 Å². The summed E-state index contributed by atoms with van der Waals surface area (Å²) in [6.45, 7) is 6.78. The van der Waals surface area contributed by atoms with Crippen molar-refractivity contribution in [2.75, 3.05) is 0 Å². The zero-order chi connectivity index (χ0) is 13.2. The first-order valence-corrected chi connectivity index (χ1v) is 7.11. The summed E-state index contributed by atoms with van der Waals surface area (Å²) in [4.78, 5) is 4.50. The predicted octanol–water partition coefficient (Wildman–Crippen LogP) is 3.55. The van der Waals surface area contributed by atoms with Crippen LogP contribution in [-0.2, 0) is 0 Å². The van der Waals surface area contributed by atoms with Crippen LogP contribution < -0.4 is 5.73 Å². The maximum Gasteiger partial charge on any atom is 0.243 e. The van der Waals surface area contributed by atoms with Gasteiger partial charge in [-0.1, -0.05) is 32.3 Å². The zero-order valence-electron chi connectivity index (χ0n) is 11.8. The molecule has 1 fully saturated rings. The number of aromatic nitrogens is 2. The average molecular weight is 251 g/mol. The number of rotatable bonds is 4. The minimum atomic E-state index is -0.101. The van der Waals surface area contributed by atoms with Gasteiger partial charge >= 0.3 is 0 Å². The van der Waals surface area contributed by atoms with Gasteiger partial charge in [0.2, 0.25) is 5.89 Å². The van der Waals surface area contributed by atoms with Crippen molar-refractivity contribution in [2.45, 2.75) is 71.3 Å². The highest BCUT2D eigenvalue weighted by atomic mass is 16.5. The van der Waals surface area contributed by atoms with Crippen molar-refractivity contribution in [1.82, 2.24) is 10.1 Å². The van der Waals surface area contributed by atoms with Gasteiger partial charge in [0.1, 0.15) is 0 Å². The molecule has 1 saturated carbocycles. The maximum absolute atomic E-state index is 6.00. The van der Waals surface area contributed by atoms with Crippen molar-refractivity contribution < 1.29 is 4.52 Å². The van der Waals surface area contributed by atoms with Crippen LogP contribution in [-0.4, -0.2) is 10.1 Å². The van der Waals surface area contributed by atoms with Crippen LogP contribution in [0, 0.1) is 5.41 Å². The molecule has 0 aliphatic heterocycles. The van der Waals surface area contributed by atoms with E-state index < -0.39 is 0 Å². The third-order valence-electron chi connectivity index (χ3n) is 4.08. The largest absolute Gasteiger partial charge is 0.338 e. The first kappa shape index (κ1) is 13.5. The molecule has 1 aromatic heterocycles. The molecule has 0 aromatic carbocycles. The first-order valence-electron chi connectivity index (χ1n) is 7.11. The van der Waals surface area contributed by atoms with Gasteiger partial charge in [0.05, 0.1) is 6.04 Å². The molecule has 0 bridgehead atoms. The van der Waals surface area contributed by atoms with Crippen LogP contribution in [0.2, 0.25) is 0 Å². The fraction of sp³-hybridized carbons (Fsp3) is 0.857. The highest BCUT2D eigenvalue weighted by Crippen LogP contribution is 2.41. The second-order valence-electron chi connectivity index (χ2n) is 6.32. The Morgan fingerprint density at radius 1 is 1.39 bits per heavy atom. The standard InChI is InChI=1S/C14H25N3O/c1-4-5-11(15)13-16-12(17-18-13)10-6-8-14(2,3)9-7-10/h10-11H,4-9,15H2,1-3H3/t11-/m0/s1. The molecule has 2 rings (SSSR count). The Kier molecular flexibility index (Phi) is 4.05. The topological polar surface area (TPSA) is 64.9 Å². The summed E-state index contributed by atoms with van der Waals surface area (Å²) in [6.07, 6.45) is 6.74. The van der Waals surface area contributed by atoms with E-state index in [1.165, 1.54) is 12.8 Å². The smallest absolute Gasteiger partial charge is 0.243 e. The first-order chi connectivity index (χ1) is 8.52. The van der Waals surface area contributed by atoms with E-state index in [0.29, 0.717) is 17.2 Å². The van der Waals surface area contributed by atoms with E-state index in [1.54, 1.807) is 0 Å². The van der Waals surface area contributed by atoms with Crippen molar-refractivity contribution >= 4 is 0 Å². The van der Waals surface area contributed by atoms with E-state index in [1.807, 2.05) is 0 Å². The molecule has 0 unspecified atom stereocenters. The fourth-order valence-electron chi connectivity index (χ4n) is 2.66. The Labute approximate surface area is 109 Å². The predicted molar refractivity (Wildman–Crippen MR) is 71.1 cm³/mol. The number of nitrogens with zero attached hydrogens (tertiary/aromatic N) is 2. The summed E-state index contributed by atoms with van der Waals surface area (Å²) in [7, 11) is 0. The number of nitrogens with two attached hydrogens (primary N) is 1. The van der Waals surface area contributed by atoms with Gasteiger partial charge in [0, 0.05) is 5.92 Å². The fourth-order valence-corrected chi connectivity index (χ4v) is 2.66. The van der Waals surface area contributed by atoms with E-state index in [9.17, 15) is 0 Å². The maximum atomic E-state index is 6.00. The summed E-state index contributed by atoms with van der Waals surface area (Å²) in [6, 6.07) is -0.101. The second kappa shape index (κ2) is 5.39. The highest BCUT2D eigenvalue weighted by molar-refractivity contribution is 5.00. The lowest BCUT2D eigenvalue weighted by atomic mass is 9.73. The molecule has 0 radical (unpaired) electrons. The van der Waals surface area contributed by atoms with Gasteiger partial charge < -0.3 is 10.3 Å². The highest BCUT2D eigenvalue weighted by Gasteiger charge is 2.30. The third kappa shape index (κ3) is 3.10. The average Bonchev–Trinajstić information content (AvgIpc) is 2.79. The normalized spacial score (nSPS) is 22.0.